The van der Waals surface area contributed by atoms with Crippen molar-refractivity contribution in [1.82, 2.24) is 14.7 Å². The number of hydrogen-bond acceptors (Lipinski definition) is 3. The molecule has 0 saturated carbocycles. The zero-order valence-electron chi connectivity index (χ0n) is 14.7. The van der Waals surface area contributed by atoms with Crippen LogP contribution in [-0.2, 0) is 17.8 Å². The fraction of sp³-hybridized carbons (Fsp3) is 0.238. The lowest BCUT2D eigenvalue weighted by Gasteiger charge is -2.35. The second-order valence-electron chi connectivity index (χ2n) is 6.50. The number of nitrogens with zero attached hydrogens (tertiary/aromatic N) is 3. The SMILES string of the molecule is COc1cccc(CC(=O)N2Cc3ccccc3[C@@H](n3cccn3)C2)c1. The highest BCUT2D eigenvalue weighted by atomic mass is 16.5. The number of ether oxygens (including phenoxy) is 1. The fourth-order valence-corrected chi connectivity index (χ4v) is 3.53. The molecule has 1 amide bonds. The predicted octanol–water partition coefficient (Wildman–Crippen LogP) is 3.07. The summed E-state index contributed by atoms with van der Waals surface area (Å²) in [6.07, 6.45) is 4.10. The number of carbonyl (C=O) groups excluding carboxylic acids is 1. The molecule has 1 aromatic heterocycles. The monoisotopic (exact) mass is 347 g/mol. The van der Waals surface area contributed by atoms with Crippen LogP contribution in [0, 0.1) is 0 Å². The average molecular weight is 347 g/mol. The van der Waals surface area contributed by atoms with Gasteiger partial charge in [0.2, 0.25) is 5.91 Å². The van der Waals surface area contributed by atoms with E-state index in [1.54, 1.807) is 13.3 Å². The molecule has 5 nitrogen and oxygen atoms in total. The molecule has 2 aromatic carbocycles. The number of amides is 1. The summed E-state index contributed by atoms with van der Waals surface area (Å²) in [6.45, 7) is 1.26. The van der Waals surface area contributed by atoms with Crippen LogP contribution < -0.4 is 4.74 Å². The summed E-state index contributed by atoms with van der Waals surface area (Å²) in [4.78, 5) is 14.9. The van der Waals surface area contributed by atoms with Crippen molar-refractivity contribution in [2.24, 2.45) is 0 Å². The van der Waals surface area contributed by atoms with E-state index in [0.717, 1.165) is 11.3 Å². The zero-order chi connectivity index (χ0) is 17.9. The summed E-state index contributed by atoms with van der Waals surface area (Å²) in [7, 11) is 1.64. The van der Waals surface area contributed by atoms with Crippen LogP contribution in [0.3, 0.4) is 0 Å². The van der Waals surface area contributed by atoms with Crippen LogP contribution in [0.25, 0.3) is 0 Å². The van der Waals surface area contributed by atoms with Crippen LogP contribution in [0.1, 0.15) is 22.7 Å². The van der Waals surface area contributed by atoms with Gasteiger partial charge in [0.1, 0.15) is 5.75 Å². The summed E-state index contributed by atoms with van der Waals surface area (Å²) in [6, 6.07) is 17.9. The Morgan fingerprint density at radius 2 is 2.08 bits per heavy atom. The lowest BCUT2D eigenvalue weighted by atomic mass is 9.95. The summed E-state index contributed by atoms with van der Waals surface area (Å²) < 4.78 is 7.19. The van der Waals surface area contributed by atoms with Crippen LogP contribution >= 0.6 is 0 Å². The third-order valence-electron chi connectivity index (χ3n) is 4.86. The minimum atomic E-state index is 0.0456. The Hall–Kier alpha value is -3.08. The summed E-state index contributed by atoms with van der Waals surface area (Å²) in [5.74, 6) is 0.888. The third kappa shape index (κ3) is 3.20. The van der Waals surface area contributed by atoms with E-state index < -0.39 is 0 Å². The second kappa shape index (κ2) is 7.04. The highest BCUT2D eigenvalue weighted by molar-refractivity contribution is 5.79. The van der Waals surface area contributed by atoms with Crippen LogP contribution in [0.4, 0.5) is 0 Å². The first kappa shape index (κ1) is 16.4. The molecular formula is C21H21N3O2. The maximum atomic E-state index is 12.9. The van der Waals surface area contributed by atoms with Crippen molar-refractivity contribution in [2.75, 3.05) is 13.7 Å². The quantitative estimate of drug-likeness (QED) is 0.729. The molecule has 0 fully saturated rings. The van der Waals surface area contributed by atoms with Gasteiger partial charge in [0.05, 0.1) is 19.6 Å². The molecule has 0 spiro atoms. The van der Waals surface area contributed by atoms with Gasteiger partial charge in [0, 0.05) is 25.5 Å². The summed E-state index contributed by atoms with van der Waals surface area (Å²) in [5.41, 5.74) is 3.38. The highest BCUT2D eigenvalue weighted by Crippen LogP contribution is 2.29. The molecule has 0 saturated heterocycles. The van der Waals surface area contributed by atoms with E-state index in [2.05, 4.69) is 17.2 Å². The summed E-state index contributed by atoms with van der Waals surface area (Å²) in [5, 5.41) is 4.40. The molecular weight excluding hydrogens is 326 g/mol. The summed E-state index contributed by atoms with van der Waals surface area (Å²) >= 11 is 0. The number of fused-ring (bicyclic) bond motifs is 1. The maximum absolute atomic E-state index is 12.9. The third-order valence-corrected chi connectivity index (χ3v) is 4.86. The van der Waals surface area contributed by atoms with Gasteiger partial charge in [-0.25, -0.2) is 0 Å². The molecule has 3 aromatic rings. The van der Waals surface area contributed by atoms with E-state index in [1.807, 2.05) is 58.2 Å². The number of hydrogen-bond donors (Lipinski definition) is 0. The van der Waals surface area contributed by atoms with Crippen molar-refractivity contribution in [2.45, 2.75) is 19.0 Å². The number of methoxy groups -OCH3 is 1. The van der Waals surface area contributed by atoms with E-state index in [1.165, 1.54) is 11.1 Å². The Morgan fingerprint density at radius 1 is 1.19 bits per heavy atom. The number of aromatic nitrogens is 2. The Balaban J connectivity index is 1.58. The van der Waals surface area contributed by atoms with Crippen LogP contribution in [0.5, 0.6) is 5.75 Å². The van der Waals surface area contributed by atoms with E-state index >= 15 is 0 Å². The molecule has 132 valence electrons. The van der Waals surface area contributed by atoms with Crippen molar-refractivity contribution >= 4 is 5.91 Å². The first-order valence-electron chi connectivity index (χ1n) is 8.72. The van der Waals surface area contributed by atoms with Gasteiger partial charge in [-0.2, -0.15) is 5.10 Å². The minimum absolute atomic E-state index is 0.0456. The van der Waals surface area contributed by atoms with Crippen molar-refractivity contribution in [3.8, 4) is 5.75 Å². The van der Waals surface area contributed by atoms with Gasteiger partial charge >= 0.3 is 0 Å². The molecule has 1 aliphatic heterocycles. The van der Waals surface area contributed by atoms with Crippen LogP contribution in [0.2, 0.25) is 0 Å². The molecule has 0 aliphatic carbocycles. The molecule has 0 bridgehead atoms. The minimum Gasteiger partial charge on any atom is -0.497 e. The highest BCUT2D eigenvalue weighted by Gasteiger charge is 2.29. The van der Waals surface area contributed by atoms with E-state index in [4.69, 9.17) is 4.74 Å². The van der Waals surface area contributed by atoms with Gasteiger partial charge in [-0.05, 0) is 34.9 Å². The molecule has 26 heavy (non-hydrogen) atoms. The van der Waals surface area contributed by atoms with Gasteiger partial charge in [-0.3, -0.25) is 9.48 Å². The largest absolute Gasteiger partial charge is 0.497 e. The van der Waals surface area contributed by atoms with Crippen molar-refractivity contribution in [1.29, 1.82) is 0 Å². The Labute approximate surface area is 152 Å². The van der Waals surface area contributed by atoms with Crippen molar-refractivity contribution < 1.29 is 9.53 Å². The molecule has 0 radical (unpaired) electrons. The molecule has 4 rings (SSSR count). The fourth-order valence-electron chi connectivity index (χ4n) is 3.53. The van der Waals surface area contributed by atoms with Gasteiger partial charge in [0.15, 0.2) is 0 Å². The van der Waals surface area contributed by atoms with Crippen LogP contribution in [-0.4, -0.2) is 34.2 Å². The van der Waals surface area contributed by atoms with Gasteiger partial charge < -0.3 is 9.64 Å². The second-order valence-corrected chi connectivity index (χ2v) is 6.50. The van der Waals surface area contributed by atoms with Crippen molar-refractivity contribution in [3.05, 3.63) is 83.7 Å². The first-order chi connectivity index (χ1) is 12.7. The van der Waals surface area contributed by atoms with Gasteiger partial charge in [-0.15, -0.1) is 0 Å². The maximum Gasteiger partial charge on any atom is 0.227 e. The molecule has 0 unspecified atom stereocenters. The standard InChI is InChI=1S/C21H21N3O2/c1-26-18-8-4-6-16(12-18)13-21(25)23-14-17-7-2-3-9-19(17)20(15-23)24-11-5-10-22-24/h2-12,20H,13-15H2,1H3/t20-/m0/s1. The van der Waals surface area contributed by atoms with E-state index in [9.17, 15) is 4.79 Å². The molecule has 5 heteroatoms. The van der Waals surface area contributed by atoms with E-state index in [-0.39, 0.29) is 11.9 Å². The zero-order valence-corrected chi connectivity index (χ0v) is 14.7. The average Bonchev–Trinajstić information content (AvgIpc) is 3.22. The van der Waals surface area contributed by atoms with Gasteiger partial charge in [-0.1, -0.05) is 36.4 Å². The Kier molecular flexibility index (Phi) is 4.44. The topological polar surface area (TPSA) is 47.4 Å². The number of rotatable bonds is 4. The van der Waals surface area contributed by atoms with E-state index in [0.29, 0.717) is 19.5 Å². The molecule has 0 N–H and O–H groups in total. The van der Waals surface area contributed by atoms with Crippen LogP contribution in [0.15, 0.2) is 67.0 Å². The predicted molar refractivity (Wildman–Crippen MR) is 98.9 cm³/mol. The Morgan fingerprint density at radius 3 is 2.88 bits per heavy atom. The number of benzene rings is 2. The normalized spacial score (nSPS) is 16.2. The molecule has 1 aliphatic rings. The number of carbonyl (C=O) groups is 1. The smallest absolute Gasteiger partial charge is 0.227 e. The Bertz CT molecular complexity index is 905. The lowest BCUT2D eigenvalue weighted by Crippen LogP contribution is -2.41. The first-order valence-corrected chi connectivity index (χ1v) is 8.72. The molecule has 2 heterocycles. The molecule has 1 atom stereocenters. The lowest BCUT2D eigenvalue weighted by molar-refractivity contribution is -0.131. The van der Waals surface area contributed by atoms with Gasteiger partial charge in [0.25, 0.3) is 0 Å². The van der Waals surface area contributed by atoms with Crippen molar-refractivity contribution in [3.63, 3.8) is 0 Å².